The predicted molar refractivity (Wildman–Crippen MR) is 91.7 cm³/mol. The van der Waals surface area contributed by atoms with E-state index in [1.165, 1.54) is 4.88 Å². The average Bonchev–Trinajstić information content (AvgIpc) is 3.18. The molecule has 0 spiro atoms. The molecule has 1 aliphatic heterocycles. The molecule has 0 bridgehead atoms. The largest absolute Gasteiger partial charge is 0.338 e. The Morgan fingerprint density at radius 3 is 2.61 bits per heavy atom. The third-order valence-corrected chi connectivity index (χ3v) is 5.87. The maximum absolute atomic E-state index is 12.7. The molecule has 5 nitrogen and oxygen atoms in total. The number of carbonyl (C=O) groups excluding carboxylic acids is 1. The van der Waals surface area contributed by atoms with Gasteiger partial charge in [-0.3, -0.25) is 9.48 Å². The van der Waals surface area contributed by atoms with Gasteiger partial charge in [0.25, 0.3) is 5.91 Å². The van der Waals surface area contributed by atoms with Gasteiger partial charge in [0.05, 0.1) is 4.88 Å². The monoisotopic (exact) mass is 332 g/mol. The Labute approximate surface area is 141 Å². The van der Waals surface area contributed by atoms with Crippen LogP contribution in [0.25, 0.3) is 0 Å². The van der Waals surface area contributed by atoms with E-state index in [0.717, 1.165) is 37.4 Å². The van der Waals surface area contributed by atoms with Crippen LogP contribution in [0.4, 0.5) is 0 Å². The Hall–Kier alpha value is -1.69. The van der Waals surface area contributed by atoms with E-state index < -0.39 is 0 Å². The van der Waals surface area contributed by atoms with E-state index >= 15 is 0 Å². The number of rotatable bonds is 3. The Balaban J connectivity index is 1.57. The van der Waals surface area contributed by atoms with Crippen molar-refractivity contribution in [3.05, 3.63) is 34.5 Å². The van der Waals surface area contributed by atoms with Crippen molar-refractivity contribution in [2.24, 2.45) is 5.92 Å². The lowest BCUT2D eigenvalue weighted by Gasteiger charge is -2.31. The molecular weight excluding hydrogens is 308 g/mol. The molecule has 1 saturated heterocycles. The second-order valence-electron chi connectivity index (χ2n) is 7.27. The second-order valence-corrected chi connectivity index (χ2v) is 8.35. The van der Waals surface area contributed by atoms with Crippen LogP contribution >= 0.6 is 11.3 Å². The number of aromatic nitrogens is 3. The fraction of sp³-hybridized carbons (Fsp3) is 0.588. The summed E-state index contributed by atoms with van der Waals surface area (Å²) < 4.78 is 1.89. The molecule has 0 saturated carbocycles. The van der Waals surface area contributed by atoms with Gasteiger partial charge in [-0.05, 0) is 36.3 Å². The highest BCUT2D eigenvalue weighted by atomic mass is 32.1. The first-order chi connectivity index (χ1) is 10.9. The van der Waals surface area contributed by atoms with Crippen molar-refractivity contribution in [2.75, 3.05) is 13.1 Å². The van der Waals surface area contributed by atoms with Crippen molar-refractivity contribution in [1.82, 2.24) is 19.7 Å². The number of thiophene rings is 1. The van der Waals surface area contributed by atoms with Crippen LogP contribution in [0.1, 0.15) is 48.2 Å². The zero-order chi connectivity index (χ0) is 16.4. The maximum atomic E-state index is 12.7. The molecule has 23 heavy (non-hydrogen) atoms. The summed E-state index contributed by atoms with van der Waals surface area (Å²) in [6, 6.07) is 4.07. The first kappa shape index (κ1) is 16.2. The van der Waals surface area contributed by atoms with Crippen molar-refractivity contribution in [3.63, 3.8) is 0 Å². The van der Waals surface area contributed by atoms with Crippen LogP contribution in [0, 0.1) is 5.92 Å². The van der Waals surface area contributed by atoms with Gasteiger partial charge in [-0.25, -0.2) is 4.98 Å². The Morgan fingerprint density at radius 1 is 1.30 bits per heavy atom. The summed E-state index contributed by atoms with van der Waals surface area (Å²) in [5, 5.41) is 4.16. The molecular formula is C17H24N4OS. The lowest BCUT2D eigenvalue weighted by molar-refractivity contribution is 0.0686. The summed E-state index contributed by atoms with van der Waals surface area (Å²) in [6.07, 6.45) is 5.39. The minimum atomic E-state index is 0.105. The molecule has 3 rings (SSSR count). The van der Waals surface area contributed by atoms with Crippen molar-refractivity contribution in [2.45, 2.75) is 45.6 Å². The fourth-order valence-electron chi connectivity index (χ4n) is 2.92. The van der Waals surface area contributed by atoms with Gasteiger partial charge in [-0.2, -0.15) is 5.10 Å². The first-order valence-electron chi connectivity index (χ1n) is 8.15. The van der Waals surface area contributed by atoms with E-state index in [-0.39, 0.29) is 11.3 Å². The smallest absolute Gasteiger partial charge is 0.263 e. The van der Waals surface area contributed by atoms with Crippen LogP contribution in [0.2, 0.25) is 0 Å². The average molecular weight is 332 g/mol. The lowest BCUT2D eigenvalue weighted by atomic mass is 9.95. The standard InChI is InChI=1S/C17H24N4OS/c1-17(2,3)15-5-4-14(23-15)16(22)20-8-6-13(7-9-20)10-21-12-18-11-19-21/h4-5,11-13H,6-10H2,1-3H3. The highest BCUT2D eigenvalue weighted by molar-refractivity contribution is 7.14. The van der Waals surface area contributed by atoms with Gasteiger partial charge in [0, 0.05) is 24.5 Å². The Morgan fingerprint density at radius 2 is 2.04 bits per heavy atom. The van der Waals surface area contributed by atoms with Gasteiger partial charge >= 0.3 is 0 Å². The number of nitrogens with zero attached hydrogens (tertiary/aromatic N) is 4. The molecule has 0 N–H and O–H groups in total. The molecule has 0 unspecified atom stereocenters. The molecule has 0 aliphatic carbocycles. The molecule has 1 fully saturated rings. The number of hydrogen-bond donors (Lipinski definition) is 0. The van der Waals surface area contributed by atoms with Gasteiger partial charge in [-0.1, -0.05) is 20.8 Å². The molecule has 6 heteroatoms. The van der Waals surface area contributed by atoms with E-state index in [1.807, 2.05) is 15.6 Å². The normalized spacial score (nSPS) is 16.7. The Kier molecular flexibility index (Phi) is 4.53. The molecule has 0 aromatic carbocycles. The third-order valence-electron chi connectivity index (χ3n) is 4.37. The second kappa shape index (κ2) is 6.43. The molecule has 0 radical (unpaired) electrons. The van der Waals surface area contributed by atoms with Gasteiger partial charge in [-0.15, -0.1) is 11.3 Å². The van der Waals surface area contributed by atoms with E-state index in [4.69, 9.17) is 0 Å². The van der Waals surface area contributed by atoms with Gasteiger partial charge in [0.1, 0.15) is 12.7 Å². The predicted octanol–water partition coefficient (Wildman–Crippen LogP) is 3.19. The zero-order valence-electron chi connectivity index (χ0n) is 14.0. The quantitative estimate of drug-likeness (QED) is 0.867. The summed E-state index contributed by atoms with van der Waals surface area (Å²) in [7, 11) is 0. The van der Waals surface area contributed by atoms with Crippen LogP contribution in [0.3, 0.4) is 0 Å². The van der Waals surface area contributed by atoms with Gasteiger partial charge in [0.2, 0.25) is 0 Å². The minimum absolute atomic E-state index is 0.105. The Bertz CT molecular complexity index is 648. The van der Waals surface area contributed by atoms with Crippen molar-refractivity contribution in [1.29, 1.82) is 0 Å². The molecule has 3 heterocycles. The van der Waals surface area contributed by atoms with E-state index in [9.17, 15) is 4.79 Å². The highest BCUT2D eigenvalue weighted by Crippen LogP contribution is 2.30. The SMILES string of the molecule is CC(C)(C)c1ccc(C(=O)N2CCC(Cn3cncn3)CC2)s1. The van der Waals surface area contributed by atoms with Gasteiger partial charge < -0.3 is 4.90 Å². The maximum Gasteiger partial charge on any atom is 0.263 e. The zero-order valence-corrected chi connectivity index (χ0v) is 14.8. The molecule has 2 aromatic rings. The fourth-order valence-corrected chi connectivity index (χ4v) is 3.95. The van der Waals surface area contributed by atoms with Crippen molar-refractivity contribution >= 4 is 17.2 Å². The molecule has 0 atom stereocenters. The van der Waals surface area contributed by atoms with Crippen LogP contribution in [0.5, 0.6) is 0 Å². The summed E-state index contributed by atoms with van der Waals surface area (Å²) in [5.74, 6) is 0.763. The van der Waals surface area contributed by atoms with Crippen LogP contribution < -0.4 is 0 Å². The molecule has 124 valence electrons. The number of piperidine rings is 1. The van der Waals surface area contributed by atoms with E-state index in [2.05, 4.69) is 36.9 Å². The highest BCUT2D eigenvalue weighted by Gasteiger charge is 2.26. The summed E-state index contributed by atoms with van der Waals surface area (Å²) in [4.78, 5) is 20.8. The number of hydrogen-bond acceptors (Lipinski definition) is 4. The minimum Gasteiger partial charge on any atom is -0.338 e. The number of amides is 1. The lowest BCUT2D eigenvalue weighted by Crippen LogP contribution is -2.39. The third kappa shape index (κ3) is 3.80. The van der Waals surface area contributed by atoms with E-state index in [1.54, 1.807) is 24.0 Å². The van der Waals surface area contributed by atoms with Crippen LogP contribution in [-0.2, 0) is 12.0 Å². The summed E-state index contributed by atoms with van der Waals surface area (Å²) >= 11 is 1.63. The van der Waals surface area contributed by atoms with E-state index in [0.29, 0.717) is 5.92 Å². The summed E-state index contributed by atoms with van der Waals surface area (Å²) in [6.45, 7) is 9.12. The van der Waals surface area contributed by atoms with Crippen LogP contribution in [-0.4, -0.2) is 38.7 Å². The topological polar surface area (TPSA) is 51.0 Å². The van der Waals surface area contributed by atoms with Crippen LogP contribution in [0.15, 0.2) is 24.8 Å². The molecule has 1 amide bonds. The molecule has 2 aromatic heterocycles. The van der Waals surface area contributed by atoms with Crippen molar-refractivity contribution in [3.8, 4) is 0 Å². The van der Waals surface area contributed by atoms with Gasteiger partial charge in [0.15, 0.2) is 0 Å². The first-order valence-corrected chi connectivity index (χ1v) is 8.97. The number of carbonyl (C=O) groups is 1. The van der Waals surface area contributed by atoms with Crippen molar-refractivity contribution < 1.29 is 4.79 Å². The molecule has 1 aliphatic rings. The summed E-state index contributed by atoms with van der Waals surface area (Å²) in [5.41, 5.74) is 0.105. The number of likely N-dealkylation sites (tertiary alicyclic amines) is 1.